The molecule has 0 aromatic heterocycles. The first-order valence-electron chi connectivity index (χ1n) is 8.46. The minimum atomic E-state index is -0.710. The standard InChI is InChI=1S/C18H23N3O2/c19-17(23)21-20-10-14-6-15(1-2-16(14)22)18-7-11-3-12(8-18)5-13(4-11)9-18/h1-2,6,10-13,22H,3-5,7-9H2,(H3,19,21,23)/b20-10-. The molecule has 4 fully saturated rings. The lowest BCUT2D eigenvalue weighted by atomic mass is 9.48. The third kappa shape index (κ3) is 2.58. The lowest BCUT2D eigenvalue weighted by Crippen LogP contribution is -2.48. The largest absolute Gasteiger partial charge is 0.507 e. The fraction of sp³-hybridized carbons (Fsp3) is 0.556. The summed E-state index contributed by atoms with van der Waals surface area (Å²) in [5.74, 6) is 2.81. The van der Waals surface area contributed by atoms with Gasteiger partial charge >= 0.3 is 6.03 Å². The number of phenolic OH excluding ortho intramolecular Hbond substituents is 1. The number of nitrogens with zero attached hydrogens (tertiary/aromatic N) is 1. The number of hydrazone groups is 1. The first-order valence-corrected chi connectivity index (χ1v) is 8.46. The van der Waals surface area contributed by atoms with Gasteiger partial charge in [-0.2, -0.15) is 5.10 Å². The number of benzene rings is 1. The van der Waals surface area contributed by atoms with E-state index in [1.165, 1.54) is 50.3 Å². The number of nitrogens with two attached hydrogens (primary N) is 1. The number of hydrogen-bond donors (Lipinski definition) is 3. The number of carbonyl (C=O) groups is 1. The Morgan fingerprint density at radius 3 is 2.39 bits per heavy atom. The Hall–Kier alpha value is -2.04. The van der Waals surface area contributed by atoms with Crippen molar-refractivity contribution < 1.29 is 9.90 Å². The number of nitrogens with one attached hydrogen (secondary N) is 1. The van der Waals surface area contributed by atoms with Crippen LogP contribution in [0.2, 0.25) is 0 Å². The first-order chi connectivity index (χ1) is 11.0. The van der Waals surface area contributed by atoms with Crippen molar-refractivity contribution in [2.24, 2.45) is 28.6 Å². The van der Waals surface area contributed by atoms with E-state index in [4.69, 9.17) is 5.73 Å². The highest BCUT2D eigenvalue weighted by Crippen LogP contribution is 2.60. The molecule has 0 unspecified atom stereocenters. The minimum absolute atomic E-state index is 0.175. The summed E-state index contributed by atoms with van der Waals surface area (Å²) in [4.78, 5) is 10.7. The van der Waals surface area contributed by atoms with Crippen molar-refractivity contribution in [2.75, 3.05) is 0 Å². The Kier molecular flexibility index (Phi) is 3.32. The molecule has 4 aliphatic carbocycles. The molecule has 2 amide bonds. The number of hydrogen-bond acceptors (Lipinski definition) is 3. The number of amides is 2. The predicted octanol–water partition coefficient (Wildman–Crippen LogP) is 2.86. The van der Waals surface area contributed by atoms with Crippen molar-refractivity contribution in [1.29, 1.82) is 0 Å². The molecule has 4 saturated carbocycles. The summed E-state index contributed by atoms with van der Waals surface area (Å²) in [6.07, 6.45) is 9.53. The Balaban J connectivity index is 1.64. The third-order valence-corrected chi connectivity index (χ3v) is 6.06. The molecule has 4 aliphatic rings. The lowest BCUT2D eigenvalue weighted by Gasteiger charge is -2.57. The SMILES string of the molecule is NC(=O)N/N=C\c1cc(C23CC4CC(CC(C4)C2)C3)ccc1O. The monoisotopic (exact) mass is 313 g/mol. The number of carbonyl (C=O) groups excluding carboxylic acids is 1. The zero-order valence-electron chi connectivity index (χ0n) is 13.2. The van der Waals surface area contributed by atoms with Crippen LogP contribution in [0, 0.1) is 17.8 Å². The van der Waals surface area contributed by atoms with Crippen molar-refractivity contribution in [3.63, 3.8) is 0 Å². The maximum absolute atomic E-state index is 10.7. The molecule has 122 valence electrons. The number of phenols is 1. The summed E-state index contributed by atoms with van der Waals surface area (Å²) in [6, 6.07) is 5.15. The van der Waals surface area contributed by atoms with Crippen LogP contribution in [-0.2, 0) is 5.41 Å². The summed E-state index contributed by atoms with van der Waals surface area (Å²) < 4.78 is 0. The van der Waals surface area contributed by atoms with Crippen LogP contribution >= 0.6 is 0 Å². The molecule has 23 heavy (non-hydrogen) atoms. The quantitative estimate of drug-likeness (QED) is 0.592. The van der Waals surface area contributed by atoms with E-state index in [1.54, 1.807) is 6.07 Å². The van der Waals surface area contributed by atoms with Gasteiger partial charge in [-0.25, -0.2) is 10.2 Å². The van der Waals surface area contributed by atoms with E-state index in [9.17, 15) is 9.90 Å². The van der Waals surface area contributed by atoms with E-state index in [2.05, 4.69) is 16.6 Å². The average Bonchev–Trinajstić information content (AvgIpc) is 2.47. The van der Waals surface area contributed by atoms with Crippen molar-refractivity contribution in [2.45, 2.75) is 43.9 Å². The molecule has 4 N–H and O–H groups in total. The summed E-state index contributed by atoms with van der Waals surface area (Å²) in [5, 5.41) is 13.8. The van der Waals surface area contributed by atoms with E-state index < -0.39 is 6.03 Å². The van der Waals surface area contributed by atoms with Gasteiger partial charge in [0.05, 0.1) is 6.21 Å². The second-order valence-electron chi connectivity index (χ2n) is 7.71. The van der Waals surface area contributed by atoms with Gasteiger partial charge < -0.3 is 10.8 Å². The number of aromatic hydroxyl groups is 1. The van der Waals surface area contributed by atoms with Crippen LogP contribution in [0.25, 0.3) is 0 Å². The van der Waals surface area contributed by atoms with Gasteiger partial charge in [0.15, 0.2) is 0 Å². The molecule has 0 saturated heterocycles. The van der Waals surface area contributed by atoms with Crippen LogP contribution in [0.3, 0.4) is 0 Å². The Morgan fingerprint density at radius 2 is 1.83 bits per heavy atom. The van der Waals surface area contributed by atoms with Crippen molar-refractivity contribution in [3.05, 3.63) is 29.3 Å². The minimum Gasteiger partial charge on any atom is -0.507 e. The van der Waals surface area contributed by atoms with Gasteiger partial charge in [-0.1, -0.05) is 6.07 Å². The van der Waals surface area contributed by atoms with Crippen LogP contribution in [0.5, 0.6) is 5.75 Å². The highest BCUT2D eigenvalue weighted by molar-refractivity contribution is 5.85. The van der Waals surface area contributed by atoms with Crippen LogP contribution in [0.4, 0.5) is 4.79 Å². The van der Waals surface area contributed by atoms with Gasteiger partial charge in [-0.05, 0) is 79.4 Å². The van der Waals surface area contributed by atoms with Crippen LogP contribution < -0.4 is 11.2 Å². The van der Waals surface area contributed by atoms with E-state index in [1.807, 2.05) is 6.07 Å². The fourth-order valence-electron chi connectivity index (χ4n) is 5.62. The Labute approximate surface area is 136 Å². The molecule has 0 atom stereocenters. The molecule has 0 aliphatic heterocycles. The molecule has 0 radical (unpaired) electrons. The van der Waals surface area contributed by atoms with E-state index in [0.29, 0.717) is 5.56 Å². The van der Waals surface area contributed by atoms with Crippen LogP contribution in [0.15, 0.2) is 23.3 Å². The fourth-order valence-corrected chi connectivity index (χ4v) is 5.62. The molecular formula is C18H23N3O2. The number of primary amides is 1. The van der Waals surface area contributed by atoms with E-state index in [-0.39, 0.29) is 11.2 Å². The Morgan fingerprint density at radius 1 is 1.22 bits per heavy atom. The molecule has 1 aromatic carbocycles. The van der Waals surface area contributed by atoms with Gasteiger partial charge in [0.1, 0.15) is 5.75 Å². The lowest BCUT2D eigenvalue weighted by molar-refractivity contribution is -0.00520. The zero-order chi connectivity index (χ0) is 16.0. The van der Waals surface area contributed by atoms with E-state index >= 15 is 0 Å². The Bertz CT molecular complexity index is 633. The smallest absolute Gasteiger partial charge is 0.332 e. The molecule has 4 bridgehead atoms. The van der Waals surface area contributed by atoms with Gasteiger partial charge in [-0.3, -0.25) is 0 Å². The average molecular weight is 313 g/mol. The molecule has 5 nitrogen and oxygen atoms in total. The maximum atomic E-state index is 10.7. The molecule has 0 heterocycles. The maximum Gasteiger partial charge on any atom is 0.332 e. The third-order valence-electron chi connectivity index (χ3n) is 6.06. The van der Waals surface area contributed by atoms with Crippen molar-refractivity contribution >= 4 is 12.2 Å². The van der Waals surface area contributed by atoms with Gasteiger partial charge in [0.25, 0.3) is 0 Å². The number of rotatable bonds is 3. The van der Waals surface area contributed by atoms with Crippen molar-refractivity contribution in [1.82, 2.24) is 5.43 Å². The summed E-state index contributed by atoms with van der Waals surface area (Å²) >= 11 is 0. The number of urea groups is 1. The van der Waals surface area contributed by atoms with E-state index in [0.717, 1.165) is 17.8 Å². The zero-order valence-corrected chi connectivity index (χ0v) is 13.2. The summed E-state index contributed by atoms with van der Waals surface area (Å²) in [5.41, 5.74) is 9.40. The normalized spacial score (nSPS) is 34.9. The summed E-state index contributed by atoms with van der Waals surface area (Å²) in [6.45, 7) is 0. The summed E-state index contributed by atoms with van der Waals surface area (Å²) in [7, 11) is 0. The van der Waals surface area contributed by atoms with Crippen LogP contribution in [-0.4, -0.2) is 17.4 Å². The first kappa shape index (κ1) is 14.5. The van der Waals surface area contributed by atoms with Crippen molar-refractivity contribution in [3.8, 4) is 5.75 Å². The van der Waals surface area contributed by atoms with Gasteiger partial charge in [0.2, 0.25) is 0 Å². The highest BCUT2D eigenvalue weighted by atomic mass is 16.3. The molecule has 5 rings (SSSR count). The topological polar surface area (TPSA) is 87.7 Å². The molecule has 5 heteroatoms. The van der Waals surface area contributed by atoms with Gasteiger partial charge in [0, 0.05) is 5.56 Å². The van der Waals surface area contributed by atoms with Gasteiger partial charge in [-0.15, -0.1) is 0 Å². The second kappa shape index (κ2) is 5.25. The second-order valence-corrected chi connectivity index (χ2v) is 7.71. The molecule has 0 spiro atoms. The molecule has 1 aromatic rings. The molecular weight excluding hydrogens is 290 g/mol. The predicted molar refractivity (Wildman–Crippen MR) is 88.3 cm³/mol. The highest BCUT2D eigenvalue weighted by Gasteiger charge is 2.51. The van der Waals surface area contributed by atoms with Crippen LogP contribution in [0.1, 0.15) is 49.7 Å².